The van der Waals surface area contributed by atoms with Gasteiger partial charge in [-0.05, 0) is 56.2 Å². The monoisotopic (exact) mass is 359 g/mol. The summed E-state index contributed by atoms with van der Waals surface area (Å²) in [6.07, 6.45) is 4.08. The molecule has 1 aromatic rings. The van der Waals surface area contributed by atoms with Gasteiger partial charge in [-0.25, -0.2) is 4.79 Å². The maximum absolute atomic E-state index is 12.7. The number of nitrogens with one attached hydrogen (secondary N) is 1. The zero-order valence-corrected chi connectivity index (χ0v) is 15.7. The molecule has 2 aliphatic rings. The normalized spacial score (nSPS) is 21.0. The number of ether oxygens (including phenoxy) is 1. The fraction of sp³-hybridized carbons (Fsp3) is 0.600. The van der Waals surface area contributed by atoms with Gasteiger partial charge < -0.3 is 20.7 Å². The topological polar surface area (TPSA) is 84.7 Å². The summed E-state index contributed by atoms with van der Waals surface area (Å²) in [5, 5.41) is 3.04. The summed E-state index contributed by atoms with van der Waals surface area (Å²) in [5.74, 6) is 0.405. The molecule has 1 aliphatic heterocycles. The molecule has 6 heteroatoms. The van der Waals surface area contributed by atoms with E-state index in [-0.39, 0.29) is 17.9 Å². The highest BCUT2D eigenvalue weighted by molar-refractivity contribution is 5.89. The molecule has 3 rings (SSSR count). The van der Waals surface area contributed by atoms with E-state index in [0.717, 1.165) is 31.1 Å². The largest absolute Gasteiger partial charge is 0.465 e. The highest BCUT2D eigenvalue weighted by atomic mass is 16.5. The van der Waals surface area contributed by atoms with Crippen molar-refractivity contribution in [3.8, 4) is 0 Å². The van der Waals surface area contributed by atoms with Crippen LogP contribution >= 0.6 is 0 Å². The summed E-state index contributed by atoms with van der Waals surface area (Å²) < 4.78 is 4.70. The van der Waals surface area contributed by atoms with Crippen LogP contribution in [-0.2, 0) is 9.53 Å². The number of nitrogens with two attached hydrogens (primary N) is 1. The zero-order chi connectivity index (χ0) is 18.7. The van der Waals surface area contributed by atoms with Gasteiger partial charge in [0, 0.05) is 19.6 Å². The van der Waals surface area contributed by atoms with Crippen LogP contribution in [0.5, 0.6) is 0 Å². The predicted molar refractivity (Wildman–Crippen MR) is 99.7 cm³/mol. The molecule has 1 atom stereocenters. The fourth-order valence-electron chi connectivity index (χ4n) is 3.48. The van der Waals surface area contributed by atoms with Crippen molar-refractivity contribution < 1.29 is 14.3 Å². The molecular weight excluding hydrogens is 330 g/mol. The van der Waals surface area contributed by atoms with Gasteiger partial charge in [0.1, 0.15) is 0 Å². The van der Waals surface area contributed by atoms with Gasteiger partial charge >= 0.3 is 5.97 Å². The van der Waals surface area contributed by atoms with Crippen molar-refractivity contribution in [1.82, 2.24) is 10.2 Å². The Kier molecular flexibility index (Phi) is 5.63. The van der Waals surface area contributed by atoms with Crippen LogP contribution in [0, 0.1) is 5.92 Å². The Labute approximate surface area is 155 Å². The molecule has 1 heterocycles. The number of likely N-dealkylation sites (tertiary alicyclic amines) is 1. The van der Waals surface area contributed by atoms with E-state index < -0.39 is 5.54 Å². The van der Waals surface area contributed by atoms with Crippen molar-refractivity contribution in [2.24, 2.45) is 11.7 Å². The third kappa shape index (κ3) is 4.43. The van der Waals surface area contributed by atoms with Gasteiger partial charge in [-0.2, -0.15) is 0 Å². The molecule has 0 radical (unpaired) electrons. The van der Waals surface area contributed by atoms with Crippen molar-refractivity contribution in [1.29, 1.82) is 0 Å². The van der Waals surface area contributed by atoms with Crippen molar-refractivity contribution in [3.63, 3.8) is 0 Å². The Hall–Kier alpha value is -1.92. The van der Waals surface area contributed by atoms with E-state index in [1.54, 1.807) is 12.1 Å². The molecule has 2 fully saturated rings. The van der Waals surface area contributed by atoms with Crippen molar-refractivity contribution in [3.05, 3.63) is 35.4 Å². The summed E-state index contributed by atoms with van der Waals surface area (Å²) in [4.78, 5) is 26.7. The van der Waals surface area contributed by atoms with Crippen LogP contribution in [0.1, 0.15) is 54.6 Å². The Balaban J connectivity index is 1.54. The van der Waals surface area contributed by atoms with Gasteiger partial charge in [-0.1, -0.05) is 12.1 Å². The van der Waals surface area contributed by atoms with E-state index in [0.29, 0.717) is 18.4 Å². The van der Waals surface area contributed by atoms with Gasteiger partial charge in [0.25, 0.3) is 0 Å². The average Bonchev–Trinajstić information content (AvgIpc) is 3.47. The highest BCUT2D eigenvalue weighted by Gasteiger charge is 2.39. The Bertz CT molecular complexity index is 647. The minimum Gasteiger partial charge on any atom is -0.465 e. The Morgan fingerprint density at radius 1 is 1.27 bits per heavy atom. The second-order valence-electron chi connectivity index (χ2n) is 7.71. The molecule has 1 aliphatic carbocycles. The van der Waals surface area contributed by atoms with Crippen LogP contribution in [-0.4, -0.2) is 49.1 Å². The van der Waals surface area contributed by atoms with Crippen LogP contribution in [0.3, 0.4) is 0 Å². The minimum absolute atomic E-state index is 0.0897. The first-order chi connectivity index (χ1) is 12.4. The Morgan fingerprint density at radius 3 is 2.42 bits per heavy atom. The molecule has 3 N–H and O–H groups in total. The summed E-state index contributed by atoms with van der Waals surface area (Å²) in [5.41, 5.74) is 7.05. The third-order valence-electron chi connectivity index (χ3n) is 5.59. The number of esters is 1. The smallest absolute Gasteiger partial charge is 0.337 e. The maximum atomic E-state index is 12.7. The average molecular weight is 359 g/mol. The first-order valence-electron chi connectivity index (χ1n) is 9.42. The number of carbonyl (C=O) groups is 2. The van der Waals surface area contributed by atoms with E-state index in [9.17, 15) is 9.59 Å². The number of methoxy groups -OCH3 is 1. The lowest BCUT2D eigenvalue weighted by Gasteiger charge is -2.38. The quantitative estimate of drug-likeness (QED) is 0.757. The third-order valence-corrected chi connectivity index (χ3v) is 5.59. The highest BCUT2D eigenvalue weighted by Crippen LogP contribution is 2.31. The molecule has 26 heavy (non-hydrogen) atoms. The summed E-state index contributed by atoms with van der Waals surface area (Å²) in [6.45, 7) is 4.86. The summed E-state index contributed by atoms with van der Waals surface area (Å²) >= 11 is 0. The molecule has 1 saturated heterocycles. The van der Waals surface area contributed by atoms with Crippen molar-refractivity contribution >= 4 is 11.9 Å². The van der Waals surface area contributed by atoms with Gasteiger partial charge in [-0.15, -0.1) is 0 Å². The van der Waals surface area contributed by atoms with E-state index in [2.05, 4.69) is 10.2 Å². The van der Waals surface area contributed by atoms with E-state index in [4.69, 9.17) is 10.5 Å². The minimum atomic E-state index is -0.791. The van der Waals surface area contributed by atoms with E-state index in [1.807, 2.05) is 19.1 Å². The molecular formula is C20H29N3O3. The van der Waals surface area contributed by atoms with Gasteiger partial charge in [0.05, 0.1) is 24.3 Å². The number of amides is 1. The van der Waals surface area contributed by atoms with Crippen LogP contribution in [0.15, 0.2) is 24.3 Å². The molecule has 0 aromatic heterocycles. The molecule has 1 aromatic carbocycles. The van der Waals surface area contributed by atoms with Crippen LogP contribution in [0.4, 0.5) is 0 Å². The first kappa shape index (κ1) is 18.9. The van der Waals surface area contributed by atoms with Gasteiger partial charge in [0.2, 0.25) is 5.91 Å². The zero-order valence-electron chi connectivity index (χ0n) is 15.7. The second kappa shape index (κ2) is 7.76. The molecule has 6 nitrogen and oxygen atoms in total. The predicted octanol–water partition coefficient (Wildman–Crippen LogP) is 1.85. The number of hydrogen-bond donors (Lipinski definition) is 2. The van der Waals surface area contributed by atoms with E-state index >= 15 is 0 Å². The van der Waals surface area contributed by atoms with Crippen LogP contribution < -0.4 is 11.1 Å². The molecule has 1 saturated carbocycles. The number of hydrogen-bond acceptors (Lipinski definition) is 5. The SMILES string of the molecule is COC(=O)c1ccc(C(C)NC(=O)C2(N)CCN(CC3CC3)CC2)cc1. The van der Waals surface area contributed by atoms with Crippen LogP contribution in [0.25, 0.3) is 0 Å². The number of carbonyl (C=O) groups excluding carboxylic acids is 2. The number of nitrogens with zero attached hydrogens (tertiary/aromatic N) is 1. The second-order valence-corrected chi connectivity index (χ2v) is 7.71. The van der Waals surface area contributed by atoms with Crippen LogP contribution in [0.2, 0.25) is 0 Å². The maximum Gasteiger partial charge on any atom is 0.337 e. The van der Waals surface area contributed by atoms with Gasteiger partial charge in [-0.3, -0.25) is 4.79 Å². The Morgan fingerprint density at radius 2 is 1.88 bits per heavy atom. The van der Waals surface area contributed by atoms with Crippen molar-refractivity contribution in [2.45, 2.75) is 44.2 Å². The van der Waals surface area contributed by atoms with Crippen molar-refractivity contribution in [2.75, 3.05) is 26.7 Å². The first-order valence-corrected chi connectivity index (χ1v) is 9.42. The van der Waals surface area contributed by atoms with E-state index in [1.165, 1.54) is 20.0 Å². The molecule has 0 spiro atoms. The lowest BCUT2D eigenvalue weighted by atomic mass is 9.87. The fourth-order valence-corrected chi connectivity index (χ4v) is 3.48. The summed E-state index contributed by atoms with van der Waals surface area (Å²) in [7, 11) is 1.36. The van der Waals surface area contributed by atoms with Gasteiger partial charge in [0.15, 0.2) is 0 Å². The molecule has 0 bridgehead atoms. The lowest BCUT2D eigenvalue weighted by Crippen LogP contribution is -2.59. The number of piperidine rings is 1. The molecule has 1 unspecified atom stereocenters. The lowest BCUT2D eigenvalue weighted by molar-refractivity contribution is -0.128. The molecule has 142 valence electrons. The number of rotatable bonds is 6. The molecule has 1 amide bonds. The summed E-state index contributed by atoms with van der Waals surface area (Å²) in [6, 6.07) is 6.91. The standard InChI is InChI=1S/C20H29N3O3/c1-14(16-5-7-17(8-6-16)18(24)26-2)22-19(25)20(21)9-11-23(12-10-20)13-15-3-4-15/h5-8,14-15H,3-4,9-13,21H2,1-2H3,(H,22,25). The number of benzene rings is 1.